The van der Waals surface area contributed by atoms with Crippen molar-refractivity contribution in [3.8, 4) is 11.8 Å². The first-order valence-electron chi connectivity index (χ1n) is 8.63. The summed E-state index contributed by atoms with van der Waals surface area (Å²) in [5.41, 5.74) is -2.79. The highest BCUT2D eigenvalue weighted by Crippen LogP contribution is 2.51. The number of anilines is 1. The fourth-order valence-corrected chi connectivity index (χ4v) is 3.33. The zero-order valence-electron chi connectivity index (χ0n) is 13.8. The molecule has 1 amide bonds. The number of benzene rings is 1. The van der Waals surface area contributed by atoms with Gasteiger partial charge in [-0.3, -0.25) is 4.79 Å². The minimum Gasteiger partial charge on any atom is -0.366 e. The van der Waals surface area contributed by atoms with Crippen LogP contribution in [0.5, 0.6) is 0 Å². The predicted octanol–water partition coefficient (Wildman–Crippen LogP) is 4.30. The summed E-state index contributed by atoms with van der Waals surface area (Å²) < 4.78 is 48.8. The topological polar surface area (TPSA) is 38.3 Å². The van der Waals surface area contributed by atoms with E-state index < -0.39 is 23.6 Å². The first-order valence-corrected chi connectivity index (χ1v) is 9.01. The molecule has 0 aromatic heterocycles. The molecule has 138 valence electrons. The number of nitrogens with one attached hydrogen (secondary N) is 1. The summed E-state index contributed by atoms with van der Waals surface area (Å²) in [6.45, 7) is 0.122. The molecule has 7 heteroatoms. The van der Waals surface area contributed by atoms with Crippen LogP contribution in [0, 0.1) is 23.7 Å². The van der Waals surface area contributed by atoms with E-state index in [0.717, 1.165) is 25.7 Å². The van der Waals surface area contributed by atoms with E-state index in [1.165, 1.54) is 18.2 Å². The highest BCUT2D eigenvalue weighted by Gasteiger charge is 2.65. The minimum absolute atomic E-state index is 0.0501. The summed E-state index contributed by atoms with van der Waals surface area (Å²) >= 11 is 5.98. The molecule has 0 bridgehead atoms. The van der Waals surface area contributed by atoms with Gasteiger partial charge >= 0.3 is 6.18 Å². The summed E-state index contributed by atoms with van der Waals surface area (Å²) in [6, 6.07) is 4.06. The monoisotopic (exact) mass is 383 g/mol. The van der Waals surface area contributed by atoms with Gasteiger partial charge in [0.1, 0.15) is 0 Å². The van der Waals surface area contributed by atoms with E-state index in [-0.39, 0.29) is 34.7 Å². The fourth-order valence-electron chi connectivity index (χ4n) is 3.15. The Morgan fingerprint density at radius 3 is 2.62 bits per heavy atom. The minimum atomic E-state index is -4.79. The highest BCUT2D eigenvalue weighted by atomic mass is 35.5. The molecular weight excluding hydrogens is 367 g/mol. The third kappa shape index (κ3) is 3.08. The van der Waals surface area contributed by atoms with Crippen LogP contribution in [0.3, 0.4) is 0 Å². The number of carbonyl (C=O) groups excluding carboxylic acids is 1. The molecule has 1 N–H and O–H groups in total. The third-order valence-corrected chi connectivity index (χ3v) is 5.22. The molecule has 1 aliphatic heterocycles. The summed E-state index contributed by atoms with van der Waals surface area (Å²) in [5.74, 6) is 4.49. The standard InChI is InChI=1S/C19H17ClF3NO2/c20-13-5-6-15-14(9-13)18(19(21,22)23,8-7-11-1-2-11)16(17(25)24-15)26-10-12-3-4-12/h5-6,9,11-12,16H,1-4,10H2,(H,24,25)/t16-,18+/m0/s1. The van der Waals surface area contributed by atoms with Gasteiger partial charge in [-0.05, 0) is 49.8 Å². The van der Waals surface area contributed by atoms with Gasteiger partial charge in [0.15, 0.2) is 11.5 Å². The van der Waals surface area contributed by atoms with Gasteiger partial charge in [0.2, 0.25) is 0 Å². The van der Waals surface area contributed by atoms with Crippen molar-refractivity contribution in [1.82, 2.24) is 0 Å². The lowest BCUT2D eigenvalue weighted by Gasteiger charge is -2.41. The molecule has 0 unspecified atom stereocenters. The van der Waals surface area contributed by atoms with Crippen LogP contribution in [0.4, 0.5) is 18.9 Å². The van der Waals surface area contributed by atoms with E-state index in [2.05, 4.69) is 17.2 Å². The summed E-state index contributed by atoms with van der Waals surface area (Å²) in [5, 5.41) is 2.68. The van der Waals surface area contributed by atoms with Crippen LogP contribution in [0.25, 0.3) is 0 Å². The molecule has 1 aromatic rings. The van der Waals surface area contributed by atoms with Gasteiger partial charge in [0.05, 0.1) is 6.61 Å². The number of rotatable bonds is 3. The van der Waals surface area contributed by atoms with E-state index in [0.29, 0.717) is 0 Å². The second-order valence-electron chi connectivity index (χ2n) is 7.19. The van der Waals surface area contributed by atoms with Crippen molar-refractivity contribution >= 4 is 23.2 Å². The van der Waals surface area contributed by atoms with Crippen LogP contribution < -0.4 is 5.32 Å². The Kier molecular flexibility index (Phi) is 4.20. The lowest BCUT2D eigenvalue weighted by Crippen LogP contribution is -2.59. The average Bonchev–Trinajstić information content (AvgIpc) is 3.44. The molecule has 2 fully saturated rings. The van der Waals surface area contributed by atoms with E-state index in [1.54, 1.807) is 0 Å². The van der Waals surface area contributed by atoms with Crippen LogP contribution in [-0.2, 0) is 14.9 Å². The molecule has 2 saturated carbocycles. The van der Waals surface area contributed by atoms with Crippen LogP contribution in [0.15, 0.2) is 18.2 Å². The van der Waals surface area contributed by atoms with Crippen LogP contribution in [0.2, 0.25) is 5.02 Å². The van der Waals surface area contributed by atoms with Gasteiger partial charge in [0, 0.05) is 22.2 Å². The van der Waals surface area contributed by atoms with Crippen molar-refractivity contribution in [3.05, 3.63) is 28.8 Å². The highest BCUT2D eigenvalue weighted by molar-refractivity contribution is 6.30. The molecule has 26 heavy (non-hydrogen) atoms. The molecular formula is C19H17ClF3NO2. The number of hydrogen-bond donors (Lipinski definition) is 1. The largest absolute Gasteiger partial charge is 0.412 e. The fraction of sp³-hybridized carbons (Fsp3) is 0.526. The summed E-state index contributed by atoms with van der Waals surface area (Å²) in [6.07, 6.45) is -3.17. The molecule has 0 spiro atoms. The van der Waals surface area contributed by atoms with Crippen molar-refractivity contribution in [2.24, 2.45) is 11.8 Å². The molecule has 3 aliphatic rings. The lowest BCUT2D eigenvalue weighted by molar-refractivity contribution is -0.207. The quantitative estimate of drug-likeness (QED) is 0.790. The number of hydrogen-bond acceptors (Lipinski definition) is 2. The van der Waals surface area contributed by atoms with E-state index in [9.17, 15) is 18.0 Å². The van der Waals surface area contributed by atoms with E-state index in [1.807, 2.05) is 0 Å². The maximum atomic E-state index is 14.4. The Balaban J connectivity index is 1.88. The first kappa shape index (κ1) is 17.7. The van der Waals surface area contributed by atoms with Crippen molar-refractivity contribution in [1.29, 1.82) is 0 Å². The average molecular weight is 384 g/mol. The zero-order chi connectivity index (χ0) is 18.5. The van der Waals surface area contributed by atoms with Crippen LogP contribution in [-0.4, -0.2) is 24.8 Å². The normalized spacial score (nSPS) is 28.0. The molecule has 4 rings (SSSR count). The molecule has 1 aromatic carbocycles. The number of carbonyl (C=O) groups is 1. The van der Waals surface area contributed by atoms with Crippen LogP contribution >= 0.6 is 11.6 Å². The molecule has 2 atom stereocenters. The Labute approximate surface area is 154 Å². The lowest BCUT2D eigenvalue weighted by atomic mass is 9.71. The Bertz CT molecular complexity index is 805. The van der Waals surface area contributed by atoms with Gasteiger partial charge in [-0.15, -0.1) is 0 Å². The van der Waals surface area contributed by atoms with Crippen molar-refractivity contribution in [2.45, 2.75) is 43.4 Å². The van der Waals surface area contributed by atoms with E-state index >= 15 is 0 Å². The maximum absolute atomic E-state index is 14.4. The second-order valence-corrected chi connectivity index (χ2v) is 7.62. The Morgan fingerprint density at radius 2 is 2.00 bits per heavy atom. The van der Waals surface area contributed by atoms with Crippen molar-refractivity contribution in [3.63, 3.8) is 0 Å². The van der Waals surface area contributed by atoms with Gasteiger partial charge in [-0.1, -0.05) is 23.4 Å². The molecule has 0 saturated heterocycles. The molecule has 3 nitrogen and oxygen atoms in total. The summed E-state index contributed by atoms with van der Waals surface area (Å²) in [4.78, 5) is 12.6. The molecule has 0 radical (unpaired) electrons. The zero-order valence-corrected chi connectivity index (χ0v) is 14.6. The predicted molar refractivity (Wildman–Crippen MR) is 90.8 cm³/mol. The number of ether oxygens (including phenoxy) is 1. The summed E-state index contributed by atoms with van der Waals surface area (Å²) in [7, 11) is 0. The van der Waals surface area contributed by atoms with Gasteiger partial charge in [-0.2, -0.15) is 13.2 Å². The van der Waals surface area contributed by atoms with Crippen molar-refractivity contribution < 1.29 is 22.7 Å². The van der Waals surface area contributed by atoms with Gasteiger partial charge in [-0.25, -0.2) is 0 Å². The van der Waals surface area contributed by atoms with Crippen LogP contribution in [0.1, 0.15) is 31.2 Å². The van der Waals surface area contributed by atoms with Gasteiger partial charge in [0.25, 0.3) is 5.91 Å². The number of alkyl halides is 3. The number of amides is 1. The smallest absolute Gasteiger partial charge is 0.366 e. The Morgan fingerprint density at radius 1 is 1.27 bits per heavy atom. The molecule has 1 heterocycles. The van der Waals surface area contributed by atoms with E-state index in [4.69, 9.17) is 16.3 Å². The van der Waals surface area contributed by atoms with Gasteiger partial charge < -0.3 is 10.1 Å². The SMILES string of the molecule is O=C1Nc2ccc(Cl)cc2[C@@](C#CC2CC2)(C(F)(F)F)[C@H]1OCC1CC1. The first-order chi connectivity index (χ1) is 12.3. The maximum Gasteiger partial charge on any atom is 0.412 e. The number of halogens is 4. The number of fused-ring (bicyclic) bond motifs is 1. The molecule has 2 aliphatic carbocycles. The Hall–Kier alpha value is -1.71. The van der Waals surface area contributed by atoms with Crippen molar-refractivity contribution in [2.75, 3.05) is 11.9 Å². The second kappa shape index (κ2) is 6.17. The third-order valence-electron chi connectivity index (χ3n) is 4.99.